The van der Waals surface area contributed by atoms with Crippen molar-refractivity contribution in [2.45, 2.75) is 0 Å². The van der Waals surface area contributed by atoms with Crippen LogP contribution in [0.4, 0.5) is 0 Å². The van der Waals surface area contributed by atoms with Gasteiger partial charge in [-0.2, -0.15) is 0 Å². The third-order valence-corrected chi connectivity index (χ3v) is 4.81. The predicted octanol–water partition coefficient (Wildman–Crippen LogP) is 3.54. The summed E-state index contributed by atoms with van der Waals surface area (Å²) in [6, 6.07) is 8.66. The van der Waals surface area contributed by atoms with E-state index in [0.717, 1.165) is 5.56 Å². The molecule has 0 unspecified atom stereocenters. The fourth-order valence-corrected chi connectivity index (χ4v) is 3.53. The van der Waals surface area contributed by atoms with Gasteiger partial charge >= 0.3 is 158 Å². The Morgan fingerprint density at radius 2 is 1.62 bits per heavy atom. The second kappa shape index (κ2) is 7.31. The maximum absolute atomic E-state index is 10.3. The van der Waals surface area contributed by atoms with Gasteiger partial charge < -0.3 is 0 Å². The second-order valence-electron chi connectivity index (χ2n) is 5.38. The van der Waals surface area contributed by atoms with Crippen LogP contribution in [0.25, 0.3) is 22.3 Å². The Balaban J connectivity index is 2.34. The van der Waals surface area contributed by atoms with Crippen LogP contribution in [-0.2, 0) is 0 Å². The van der Waals surface area contributed by atoms with Crippen molar-refractivity contribution in [3.63, 3.8) is 0 Å². The number of phenolic OH excluding ortho intramolecular Hbond substituents is 1. The van der Waals surface area contributed by atoms with Crippen LogP contribution in [0.2, 0.25) is 0 Å². The Morgan fingerprint density at radius 3 is 2.23 bits per heavy atom. The maximum atomic E-state index is 10.3. The number of methoxy groups -OCH3 is 4. The molecule has 0 saturated carbocycles. The molecule has 3 aromatic rings. The van der Waals surface area contributed by atoms with Crippen LogP contribution < -0.4 is 18.9 Å². The molecule has 0 aliphatic rings. The van der Waals surface area contributed by atoms with Crippen LogP contribution in [0, 0.1) is 4.06 Å². The van der Waals surface area contributed by atoms with Crippen LogP contribution in [0.5, 0.6) is 28.7 Å². The molecule has 0 aliphatic carbocycles. The van der Waals surface area contributed by atoms with Crippen molar-refractivity contribution in [1.82, 2.24) is 0 Å². The predicted molar refractivity (Wildman–Crippen MR) is 98.5 cm³/mol. The van der Waals surface area contributed by atoms with Crippen molar-refractivity contribution in [1.29, 1.82) is 0 Å². The quantitative estimate of drug-likeness (QED) is 0.636. The summed E-state index contributed by atoms with van der Waals surface area (Å²) in [4.78, 5) is 0. The molecule has 0 aliphatic heterocycles. The average Bonchev–Trinajstić information content (AvgIpc) is 2.66. The molecule has 0 radical (unpaired) electrons. The molecule has 0 saturated heterocycles. The number of benzene rings is 2. The zero-order valence-corrected chi connectivity index (χ0v) is 16.5. The van der Waals surface area contributed by atoms with Crippen LogP contribution in [0.15, 0.2) is 34.7 Å². The number of ether oxygens (including phenoxy) is 4. The number of phenols is 1. The third kappa shape index (κ3) is 3.00. The molecular formula is C19H18O6Se. The zero-order chi connectivity index (χ0) is 18.8. The summed E-state index contributed by atoms with van der Waals surface area (Å²) >= 11 is 2.96. The second-order valence-corrected chi connectivity index (χ2v) is 6.24. The van der Waals surface area contributed by atoms with E-state index in [-0.39, 0.29) is 5.75 Å². The Kier molecular flexibility index (Phi) is 5.11. The summed E-state index contributed by atoms with van der Waals surface area (Å²) in [5.74, 6) is 2.67. The van der Waals surface area contributed by atoms with Gasteiger partial charge in [0.15, 0.2) is 0 Å². The van der Waals surface area contributed by atoms with E-state index in [1.54, 1.807) is 39.5 Å². The fraction of sp³-hybridized carbons (Fsp3) is 0.211. The molecular weight excluding hydrogens is 403 g/mol. The molecule has 0 amide bonds. The molecule has 0 spiro atoms. The SMILES string of the molecule is COc1cc(O)c2c(=[Se])c(OC)c(-c3ccc(OC)c(OC)c3)oc2c1. The van der Waals surface area contributed by atoms with Crippen molar-refractivity contribution in [3.8, 4) is 40.1 Å². The van der Waals surface area contributed by atoms with E-state index < -0.39 is 0 Å². The van der Waals surface area contributed by atoms with Gasteiger partial charge in [-0.05, 0) is 0 Å². The summed E-state index contributed by atoms with van der Waals surface area (Å²) in [5, 5.41) is 10.9. The molecule has 0 atom stereocenters. The van der Waals surface area contributed by atoms with E-state index in [0.29, 0.717) is 43.8 Å². The summed E-state index contributed by atoms with van der Waals surface area (Å²) in [6.45, 7) is 0. The first-order valence-electron chi connectivity index (χ1n) is 7.68. The number of aromatic hydroxyl groups is 1. The van der Waals surface area contributed by atoms with E-state index in [1.807, 2.05) is 6.07 Å². The molecule has 3 rings (SSSR count). The van der Waals surface area contributed by atoms with Gasteiger partial charge in [0, 0.05) is 0 Å². The van der Waals surface area contributed by atoms with E-state index in [1.165, 1.54) is 13.2 Å². The van der Waals surface area contributed by atoms with E-state index in [2.05, 4.69) is 15.6 Å². The molecule has 2 aromatic carbocycles. The number of hydrogen-bond donors (Lipinski definition) is 1. The van der Waals surface area contributed by atoms with Crippen molar-refractivity contribution in [3.05, 3.63) is 34.4 Å². The normalized spacial score (nSPS) is 10.6. The van der Waals surface area contributed by atoms with Gasteiger partial charge in [-0.3, -0.25) is 0 Å². The van der Waals surface area contributed by atoms with Gasteiger partial charge in [0.1, 0.15) is 0 Å². The monoisotopic (exact) mass is 422 g/mol. The number of fused-ring (bicyclic) bond motifs is 1. The summed E-state index contributed by atoms with van der Waals surface area (Å²) in [7, 11) is 6.21. The third-order valence-electron chi connectivity index (χ3n) is 3.99. The van der Waals surface area contributed by atoms with Crippen LogP contribution in [0.3, 0.4) is 0 Å². The van der Waals surface area contributed by atoms with Gasteiger partial charge in [-0.25, -0.2) is 0 Å². The topological polar surface area (TPSA) is 70.3 Å². The van der Waals surface area contributed by atoms with Gasteiger partial charge in [-0.15, -0.1) is 0 Å². The summed E-state index contributed by atoms with van der Waals surface area (Å²) in [5.41, 5.74) is 1.20. The van der Waals surface area contributed by atoms with Crippen molar-refractivity contribution >= 4 is 26.5 Å². The molecule has 1 aromatic heterocycles. The molecule has 0 bridgehead atoms. The van der Waals surface area contributed by atoms with Crippen molar-refractivity contribution in [2.24, 2.45) is 0 Å². The minimum atomic E-state index is 0.0361. The number of hydrogen-bond acceptors (Lipinski definition) is 6. The standard InChI is InChI=1S/C19H18O6Se/c1-21-11-8-12(20)16-15(9-11)25-17(18(24-4)19(16)26)10-5-6-13(22-2)14(7-10)23-3/h5-9,20H,1-4H3. The molecule has 26 heavy (non-hydrogen) atoms. The summed E-state index contributed by atoms with van der Waals surface area (Å²) in [6.07, 6.45) is 0. The molecule has 7 heteroatoms. The first-order chi connectivity index (χ1) is 12.5. The first-order valence-corrected chi connectivity index (χ1v) is 8.53. The number of rotatable bonds is 5. The molecule has 1 heterocycles. The minimum absolute atomic E-state index is 0.0361. The van der Waals surface area contributed by atoms with Crippen LogP contribution >= 0.6 is 0 Å². The Morgan fingerprint density at radius 1 is 0.885 bits per heavy atom. The fourth-order valence-electron chi connectivity index (χ4n) is 2.73. The van der Waals surface area contributed by atoms with Gasteiger partial charge in [0.25, 0.3) is 0 Å². The zero-order valence-electron chi connectivity index (χ0n) is 14.8. The van der Waals surface area contributed by atoms with Gasteiger partial charge in [0.05, 0.1) is 0 Å². The first kappa shape index (κ1) is 18.2. The average molecular weight is 421 g/mol. The Bertz CT molecular complexity index is 1020. The van der Waals surface area contributed by atoms with Crippen molar-refractivity contribution < 1.29 is 28.5 Å². The van der Waals surface area contributed by atoms with E-state index in [9.17, 15) is 5.11 Å². The molecule has 136 valence electrons. The summed E-state index contributed by atoms with van der Waals surface area (Å²) < 4.78 is 28.1. The van der Waals surface area contributed by atoms with Crippen molar-refractivity contribution in [2.75, 3.05) is 28.4 Å². The van der Waals surface area contributed by atoms with Crippen LogP contribution in [0.1, 0.15) is 0 Å². The van der Waals surface area contributed by atoms with E-state index in [4.69, 9.17) is 23.4 Å². The Labute approximate surface area is 158 Å². The van der Waals surface area contributed by atoms with Crippen LogP contribution in [-0.4, -0.2) is 49.1 Å². The Hall–Kier alpha value is -2.63. The van der Waals surface area contributed by atoms with Gasteiger partial charge in [0.2, 0.25) is 0 Å². The molecule has 1 N–H and O–H groups in total. The van der Waals surface area contributed by atoms with Gasteiger partial charge in [-0.1, -0.05) is 0 Å². The molecule has 0 fully saturated rings. The molecule has 6 nitrogen and oxygen atoms in total. The van der Waals surface area contributed by atoms with E-state index >= 15 is 0 Å².